The van der Waals surface area contributed by atoms with Gasteiger partial charge in [-0.15, -0.1) is 0 Å². The molecule has 0 spiro atoms. The number of rotatable bonds is 6. The first-order chi connectivity index (χ1) is 12.1. The van der Waals surface area contributed by atoms with Crippen molar-refractivity contribution in [2.24, 2.45) is 0 Å². The summed E-state index contributed by atoms with van der Waals surface area (Å²) < 4.78 is 5.49. The molecule has 1 aromatic heterocycles. The molecule has 1 aliphatic heterocycles. The highest BCUT2D eigenvalue weighted by molar-refractivity contribution is 5.92. The van der Waals surface area contributed by atoms with Crippen LogP contribution in [0.25, 0.3) is 0 Å². The Morgan fingerprint density at radius 3 is 2.80 bits per heavy atom. The van der Waals surface area contributed by atoms with Crippen LogP contribution in [0.1, 0.15) is 48.7 Å². The second-order valence-corrected chi connectivity index (χ2v) is 6.50. The zero-order valence-corrected chi connectivity index (χ0v) is 14.7. The van der Waals surface area contributed by atoms with Gasteiger partial charge in [0.05, 0.1) is 18.5 Å². The van der Waals surface area contributed by atoms with Crippen molar-refractivity contribution in [3.63, 3.8) is 0 Å². The third kappa shape index (κ3) is 4.54. The molecule has 2 heterocycles. The van der Waals surface area contributed by atoms with E-state index in [-0.39, 0.29) is 12.0 Å². The number of carbonyl (C=O) groups is 1. The molecule has 1 aliphatic rings. The van der Waals surface area contributed by atoms with Crippen molar-refractivity contribution in [1.29, 1.82) is 0 Å². The van der Waals surface area contributed by atoms with Gasteiger partial charge in [-0.1, -0.05) is 32.0 Å². The second-order valence-electron chi connectivity index (χ2n) is 6.50. The highest BCUT2D eigenvalue weighted by Crippen LogP contribution is 2.25. The summed E-state index contributed by atoms with van der Waals surface area (Å²) in [6.45, 7) is 5.59. The first-order valence-corrected chi connectivity index (χ1v) is 8.71. The van der Waals surface area contributed by atoms with E-state index in [1.54, 1.807) is 6.20 Å². The number of anilines is 2. The Labute approximate surface area is 148 Å². The summed E-state index contributed by atoms with van der Waals surface area (Å²) in [5.41, 5.74) is 2.52. The van der Waals surface area contributed by atoms with E-state index in [0.29, 0.717) is 24.0 Å². The molecular formula is C19H24N4O2. The molecule has 1 aromatic carbocycles. The van der Waals surface area contributed by atoms with Gasteiger partial charge in [0.15, 0.2) is 0 Å². The molecule has 1 amide bonds. The second kappa shape index (κ2) is 8.07. The number of nitrogens with one attached hydrogen (secondary N) is 2. The Balaban J connectivity index is 1.61. The maximum absolute atomic E-state index is 12.1. The van der Waals surface area contributed by atoms with Crippen molar-refractivity contribution in [3.8, 4) is 0 Å². The number of ether oxygens (including phenoxy) is 1. The minimum Gasteiger partial charge on any atom is -0.376 e. The molecule has 1 saturated heterocycles. The molecule has 0 radical (unpaired) electrons. The molecule has 1 atom stereocenters. The lowest BCUT2D eigenvalue weighted by molar-refractivity contribution is 0.0853. The van der Waals surface area contributed by atoms with Gasteiger partial charge in [-0.05, 0) is 30.4 Å². The number of aromatic nitrogens is 2. The van der Waals surface area contributed by atoms with Gasteiger partial charge in [0.25, 0.3) is 5.91 Å². The summed E-state index contributed by atoms with van der Waals surface area (Å²) in [4.78, 5) is 20.7. The van der Waals surface area contributed by atoms with Crippen molar-refractivity contribution in [2.45, 2.75) is 38.7 Å². The molecule has 0 bridgehead atoms. The quantitative estimate of drug-likeness (QED) is 0.844. The van der Waals surface area contributed by atoms with E-state index in [4.69, 9.17) is 4.74 Å². The van der Waals surface area contributed by atoms with Crippen LogP contribution in [-0.2, 0) is 4.74 Å². The standard InChI is InChI=1S/C19H24N4O2/c1-13(2)15-7-3-4-8-16(15)23-18-12-20-17(11-21-18)19(24)22-10-14-6-5-9-25-14/h3-4,7-8,11-14H,5-6,9-10H2,1-2H3,(H,21,23)(H,22,24). The number of hydrogen-bond donors (Lipinski definition) is 2. The minimum atomic E-state index is -0.225. The Morgan fingerprint density at radius 2 is 2.12 bits per heavy atom. The van der Waals surface area contributed by atoms with Gasteiger partial charge in [-0.2, -0.15) is 0 Å². The van der Waals surface area contributed by atoms with Crippen molar-refractivity contribution in [3.05, 3.63) is 47.9 Å². The van der Waals surface area contributed by atoms with Crippen LogP contribution in [0, 0.1) is 0 Å². The monoisotopic (exact) mass is 340 g/mol. The Hall–Kier alpha value is -2.47. The Bertz CT molecular complexity index is 710. The highest BCUT2D eigenvalue weighted by Gasteiger charge is 2.17. The van der Waals surface area contributed by atoms with Crippen molar-refractivity contribution in [2.75, 3.05) is 18.5 Å². The fraction of sp³-hybridized carbons (Fsp3) is 0.421. The predicted molar refractivity (Wildman–Crippen MR) is 97.2 cm³/mol. The number of hydrogen-bond acceptors (Lipinski definition) is 5. The molecule has 6 heteroatoms. The van der Waals surface area contributed by atoms with E-state index in [1.165, 1.54) is 11.8 Å². The number of amides is 1. The molecule has 1 fully saturated rings. The van der Waals surface area contributed by atoms with Gasteiger partial charge < -0.3 is 15.4 Å². The van der Waals surface area contributed by atoms with Gasteiger partial charge in [0.2, 0.25) is 0 Å². The Kier molecular flexibility index (Phi) is 5.60. The van der Waals surface area contributed by atoms with E-state index in [2.05, 4.69) is 40.5 Å². The number of benzene rings is 1. The SMILES string of the molecule is CC(C)c1ccccc1Nc1cnc(C(=O)NCC2CCCO2)cn1. The average molecular weight is 340 g/mol. The zero-order chi connectivity index (χ0) is 17.6. The van der Waals surface area contributed by atoms with Crippen LogP contribution < -0.4 is 10.6 Å². The minimum absolute atomic E-state index is 0.116. The van der Waals surface area contributed by atoms with Gasteiger partial charge in [-0.3, -0.25) is 4.79 Å². The number of para-hydroxylation sites is 1. The maximum Gasteiger partial charge on any atom is 0.271 e. The van der Waals surface area contributed by atoms with E-state index in [1.807, 2.05) is 18.2 Å². The average Bonchev–Trinajstić information content (AvgIpc) is 3.14. The molecule has 25 heavy (non-hydrogen) atoms. The molecule has 3 rings (SSSR count). The third-order valence-corrected chi connectivity index (χ3v) is 4.24. The van der Waals surface area contributed by atoms with E-state index in [9.17, 15) is 4.79 Å². The number of carbonyl (C=O) groups excluding carboxylic acids is 1. The maximum atomic E-state index is 12.1. The summed E-state index contributed by atoms with van der Waals surface area (Å²) in [6, 6.07) is 8.11. The number of nitrogens with zero attached hydrogens (tertiary/aromatic N) is 2. The molecule has 2 N–H and O–H groups in total. The molecule has 0 saturated carbocycles. The largest absolute Gasteiger partial charge is 0.376 e. The summed E-state index contributed by atoms with van der Waals surface area (Å²) in [5, 5.41) is 6.12. The van der Waals surface area contributed by atoms with E-state index in [0.717, 1.165) is 25.1 Å². The van der Waals surface area contributed by atoms with E-state index < -0.39 is 0 Å². The summed E-state index contributed by atoms with van der Waals surface area (Å²) >= 11 is 0. The van der Waals surface area contributed by atoms with Crippen LogP contribution in [0.4, 0.5) is 11.5 Å². The van der Waals surface area contributed by atoms with Gasteiger partial charge >= 0.3 is 0 Å². The van der Waals surface area contributed by atoms with Gasteiger partial charge in [0.1, 0.15) is 11.5 Å². The molecule has 1 unspecified atom stereocenters. The lowest BCUT2D eigenvalue weighted by atomic mass is 10.0. The van der Waals surface area contributed by atoms with Crippen molar-refractivity contribution in [1.82, 2.24) is 15.3 Å². The fourth-order valence-corrected chi connectivity index (χ4v) is 2.86. The van der Waals surface area contributed by atoms with Crippen LogP contribution in [0.2, 0.25) is 0 Å². The molecular weight excluding hydrogens is 316 g/mol. The predicted octanol–water partition coefficient (Wildman–Crippen LogP) is 3.25. The molecule has 6 nitrogen and oxygen atoms in total. The lowest BCUT2D eigenvalue weighted by Crippen LogP contribution is -2.32. The van der Waals surface area contributed by atoms with Crippen LogP contribution in [-0.4, -0.2) is 35.1 Å². The van der Waals surface area contributed by atoms with E-state index >= 15 is 0 Å². The Morgan fingerprint density at radius 1 is 1.28 bits per heavy atom. The van der Waals surface area contributed by atoms with Crippen molar-refractivity contribution < 1.29 is 9.53 Å². The molecule has 0 aliphatic carbocycles. The van der Waals surface area contributed by atoms with Crippen LogP contribution >= 0.6 is 0 Å². The summed E-state index contributed by atoms with van der Waals surface area (Å²) in [7, 11) is 0. The lowest BCUT2D eigenvalue weighted by Gasteiger charge is -2.14. The van der Waals surface area contributed by atoms with Gasteiger partial charge in [0, 0.05) is 18.8 Å². The molecule has 2 aromatic rings. The van der Waals surface area contributed by atoms with Crippen LogP contribution in [0.3, 0.4) is 0 Å². The smallest absolute Gasteiger partial charge is 0.271 e. The third-order valence-electron chi connectivity index (χ3n) is 4.24. The zero-order valence-electron chi connectivity index (χ0n) is 14.7. The molecule has 132 valence electrons. The normalized spacial score (nSPS) is 16.8. The highest BCUT2D eigenvalue weighted by atomic mass is 16.5. The fourth-order valence-electron chi connectivity index (χ4n) is 2.86. The summed E-state index contributed by atoms with van der Waals surface area (Å²) in [6.07, 6.45) is 5.23. The topological polar surface area (TPSA) is 76.1 Å². The first-order valence-electron chi connectivity index (χ1n) is 8.71. The van der Waals surface area contributed by atoms with Crippen LogP contribution in [0.15, 0.2) is 36.7 Å². The van der Waals surface area contributed by atoms with Gasteiger partial charge in [-0.25, -0.2) is 9.97 Å². The van der Waals surface area contributed by atoms with Crippen molar-refractivity contribution >= 4 is 17.4 Å². The summed E-state index contributed by atoms with van der Waals surface area (Å²) in [5.74, 6) is 0.792. The van der Waals surface area contributed by atoms with Crippen LogP contribution in [0.5, 0.6) is 0 Å². The first kappa shape index (κ1) is 17.4.